The number of urea groups is 2. The molecule has 1 aliphatic rings. The van der Waals surface area contributed by atoms with Gasteiger partial charge in [-0.3, -0.25) is 10.2 Å². The number of carbonyl (C=O) groups is 2. The van der Waals surface area contributed by atoms with Crippen molar-refractivity contribution in [2.45, 2.75) is 33.1 Å². The number of nitrogens with zero attached hydrogens (tertiary/aromatic N) is 2. The molecule has 15 heavy (non-hydrogen) atoms. The number of hydrogen-bond acceptors (Lipinski definition) is 3. The quantitative estimate of drug-likeness (QED) is 0.713. The summed E-state index contributed by atoms with van der Waals surface area (Å²) in [6.45, 7) is 6.04. The fourth-order valence-corrected chi connectivity index (χ4v) is 1.60. The van der Waals surface area contributed by atoms with Crippen LogP contribution >= 0.6 is 0 Å². The van der Waals surface area contributed by atoms with Crippen molar-refractivity contribution in [1.29, 1.82) is 0 Å². The maximum atomic E-state index is 11.9. The Labute approximate surface area is 89.6 Å². The van der Waals surface area contributed by atoms with Crippen LogP contribution in [0, 0.1) is 0 Å². The van der Waals surface area contributed by atoms with Gasteiger partial charge in [-0.2, -0.15) is 0 Å². The molecule has 1 rings (SSSR count). The first-order valence-electron chi connectivity index (χ1n) is 5.10. The Kier molecular flexibility index (Phi) is 3.52. The highest BCUT2D eigenvalue weighted by molar-refractivity contribution is 5.96. The minimum Gasteiger partial charge on any atom is -0.304 e. The van der Waals surface area contributed by atoms with Crippen LogP contribution in [0.5, 0.6) is 0 Å². The third kappa shape index (κ3) is 2.04. The fraction of sp³-hybridized carbons (Fsp3) is 0.778. The van der Waals surface area contributed by atoms with Gasteiger partial charge in [-0.1, -0.05) is 0 Å². The van der Waals surface area contributed by atoms with E-state index >= 15 is 0 Å². The van der Waals surface area contributed by atoms with Gasteiger partial charge in [0, 0.05) is 12.6 Å². The minimum atomic E-state index is -0.412. The lowest BCUT2D eigenvalue weighted by Gasteiger charge is -2.41. The van der Waals surface area contributed by atoms with Crippen molar-refractivity contribution in [1.82, 2.24) is 20.4 Å². The Morgan fingerprint density at radius 3 is 2.47 bits per heavy atom. The standard InChI is InChI=1S/C9H18N4O2/c1-5-12-7(10-4)11-8(14)13(6(2)3)9(12)15/h6-7,10H,5H2,1-4H3,(H,11,14). The summed E-state index contributed by atoms with van der Waals surface area (Å²) in [7, 11) is 1.70. The Bertz CT molecular complexity index is 267. The number of amides is 4. The lowest BCUT2D eigenvalue weighted by Crippen LogP contribution is -2.69. The fourth-order valence-electron chi connectivity index (χ4n) is 1.60. The van der Waals surface area contributed by atoms with Crippen LogP contribution in [0.3, 0.4) is 0 Å². The van der Waals surface area contributed by atoms with Crippen LogP contribution in [0.1, 0.15) is 20.8 Å². The van der Waals surface area contributed by atoms with Crippen LogP contribution in [0.4, 0.5) is 9.59 Å². The zero-order valence-corrected chi connectivity index (χ0v) is 9.57. The summed E-state index contributed by atoms with van der Waals surface area (Å²) < 4.78 is 0. The molecule has 4 amide bonds. The molecule has 0 saturated carbocycles. The van der Waals surface area contributed by atoms with Gasteiger partial charge in [0.05, 0.1) is 0 Å². The van der Waals surface area contributed by atoms with Crippen molar-refractivity contribution in [3.8, 4) is 0 Å². The van der Waals surface area contributed by atoms with Crippen molar-refractivity contribution in [3.05, 3.63) is 0 Å². The number of carbonyl (C=O) groups excluding carboxylic acids is 2. The molecule has 6 heteroatoms. The molecule has 0 aromatic carbocycles. The molecular weight excluding hydrogens is 196 g/mol. The summed E-state index contributed by atoms with van der Waals surface area (Å²) in [6, 6.07) is -0.737. The van der Waals surface area contributed by atoms with E-state index in [0.29, 0.717) is 6.54 Å². The molecule has 1 fully saturated rings. The SMILES string of the molecule is CCN1C(=O)N(C(C)C)C(=O)NC1NC. The number of hydrogen-bond donors (Lipinski definition) is 2. The Hall–Kier alpha value is -1.30. The summed E-state index contributed by atoms with van der Waals surface area (Å²) >= 11 is 0. The summed E-state index contributed by atoms with van der Waals surface area (Å²) in [6.07, 6.45) is -0.412. The molecule has 1 heterocycles. The average molecular weight is 214 g/mol. The van der Waals surface area contributed by atoms with Gasteiger partial charge in [-0.15, -0.1) is 0 Å². The molecule has 0 aliphatic carbocycles. The highest BCUT2D eigenvalue weighted by atomic mass is 16.2. The van der Waals surface area contributed by atoms with E-state index in [0.717, 1.165) is 0 Å². The van der Waals surface area contributed by atoms with Gasteiger partial charge in [-0.25, -0.2) is 14.5 Å². The van der Waals surface area contributed by atoms with Crippen LogP contribution < -0.4 is 10.6 Å². The van der Waals surface area contributed by atoms with Crippen LogP contribution in [0.15, 0.2) is 0 Å². The first-order chi connectivity index (χ1) is 7.02. The van der Waals surface area contributed by atoms with E-state index in [-0.39, 0.29) is 18.1 Å². The summed E-state index contributed by atoms with van der Waals surface area (Å²) in [4.78, 5) is 26.3. The Morgan fingerprint density at radius 2 is 2.07 bits per heavy atom. The summed E-state index contributed by atoms with van der Waals surface area (Å²) in [5.74, 6) is 0. The Morgan fingerprint density at radius 1 is 1.47 bits per heavy atom. The second-order valence-electron chi connectivity index (χ2n) is 3.67. The van der Waals surface area contributed by atoms with E-state index in [2.05, 4.69) is 10.6 Å². The summed E-state index contributed by atoms with van der Waals surface area (Å²) in [5, 5.41) is 5.58. The second kappa shape index (κ2) is 4.48. The third-order valence-corrected chi connectivity index (χ3v) is 2.37. The Balaban J connectivity index is 2.90. The molecule has 0 aromatic rings. The van der Waals surface area contributed by atoms with E-state index in [4.69, 9.17) is 0 Å². The molecule has 2 N–H and O–H groups in total. The lowest BCUT2D eigenvalue weighted by atomic mass is 10.3. The minimum absolute atomic E-state index is 0.135. The van der Waals surface area contributed by atoms with Gasteiger partial charge in [-0.05, 0) is 27.8 Å². The van der Waals surface area contributed by atoms with Crippen molar-refractivity contribution in [2.75, 3.05) is 13.6 Å². The van der Waals surface area contributed by atoms with E-state index < -0.39 is 6.29 Å². The van der Waals surface area contributed by atoms with E-state index in [9.17, 15) is 9.59 Å². The lowest BCUT2D eigenvalue weighted by molar-refractivity contribution is 0.0874. The largest absolute Gasteiger partial charge is 0.331 e. The average Bonchev–Trinajstić information content (AvgIpc) is 2.16. The molecular formula is C9H18N4O2. The molecule has 0 aromatic heterocycles. The molecule has 1 unspecified atom stereocenters. The molecule has 1 atom stereocenters. The van der Waals surface area contributed by atoms with Crippen LogP contribution in [-0.4, -0.2) is 47.8 Å². The van der Waals surface area contributed by atoms with Crippen molar-refractivity contribution in [3.63, 3.8) is 0 Å². The molecule has 0 spiro atoms. The molecule has 86 valence electrons. The monoisotopic (exact) mass is 214 g/mol. The van der Waals surface area contributed by atoms with Crippen LogP contribution in [-0.2, 0) is 0 Å². The summed E-state index contributed by atoms with van der Waals surface area (Å²) in [5.41, 5.74) is 0. The third-order valence-electron chi connectivity index (χ3n) is 2.37. The van der Waals surface area contributed by atoms with E-state index in [1.165, 1.54) is 4.90 Å². The smallest absolute Gasteiger partial charge is 0.304 e. The van der Waals surface area contributed by atoms with E-state index in [1.807, 2.05) is 20.8 Å². The van der Waals surface area contributed by atoms with Crippen LogP contribution in [0.2, 0.25) is 0 Å². The number of imide groups is 1. The van der Waals surface area contributed by atoms with Gasteiger partial charge >= 0.3 is 12.1 Å². The van der Waals surface area contributed by atoms with Crippen LogP contribution in [0.25, 0.3) is 0 Å². The molecule has 1 saturated heterocycles. The zero-order valence-electron chi connectivity index (χ0n) is 9.57. The van der Waals surface area contributed by atoms with Gasteiger partial charge in [0.2, 0.25) is 0 Å². The van der Waals surface area contributed by atoms with E-state index in [1.54, 1.807) is 11.9 Å². The highest BCUT2D eigenvalue weighted by Gasteiger charge is 2.37. The molecule has 6 nitrogen and oxygen atoms in total. The van der Waals surface area contributed by atoms with Crippen molar-refractivity contribution in [2.24, 2.45) is 0 Å². The molecule has 1 aliphatic heterocycles. The first-order valence-corrected chi connectivity index (χ1v) is 5.10. The predicted molar refractivity (Wildman–Crippen MR) is 56.1 cm³/mol. The van der Waals surface area contributed by atoms with Gasteiger partial charge in [0.15, 0.2) is 6.29 Å². The first kappa shape index (κ1) is 11.8. The second-order valence-corrected chi connectivity index (χ2v) is 3.67. The normalized spacial score (nSPS) is 22.3. The number of rotatable bonds is 3. The maximum Gasteiger partial charge on any atom is 0.331 e. The van der Waals surface area contributed by atoms with Gasteiger partial charge in [0.1, 0.15) is 0 Å². The predicted octanol–water partition coefficient (Wildman–Crippen LogP) is 0.365. The number of nitrogens with one attached hydrogen (secondary N) is 2. The maximum absolute atomic E-state index is 11.9. The highest BCUT2D eigenvalue weighted by Crippen LogP contribution is 2.11. The molecule has 0 bridgehead atoms. The molecule has 0 radical (unpaired) electrons. The zero-order chi connectivity index (χ0) is 11.6. The topological polar surface area (TPSA) is 64.7 Å². The van der Waals surface area contributed by atoms with Gasteiger partial charge in [0.25, 0.3) is 0 Å². The van der Waals surface area contributed by atoms with Crippen molar-refractivity contribution < 1.29 is 9.59 Å². The van der Waals surface area contributed by atoms with Gasteiger partial charge < -0.3 is 5.32 Å². The van der Waals surface area contributed by atoms with Crippen molar-refractivity contribution >= 4 is 12.1 Å².